The molecule has 0 aromatic rings. The summed E-state index contributed by atoms with van der Waals surface area (Å²) in [4.78, 5) is 0. The first-order chi connectivity index (χ1) is 5.12. The van der Waals surface area contributed by atoms with Gasteiger partial charge in [-0.05, 0) is 27.7 Å². The summed E-state index contributed by atoms with van der Waals surface area (Å²) in [5, 5.41) is 24.2. The molecule has 0 unspecified atom stereocenters. The molecule has 1 aliphatic rings. The summed E-state index contributed by atoms with van der Waals surface area (Å²) in [6.45, 7) is 7.76. The smallest absolute Gasteiger partial charge is 0.202 e. The quantitative estimate of drug-likeness (QED) is 0.536. The van der Waals surface area contributed by atoms with Crippen LogP contribution in [0.15, 0.2) is 0 Å². The van der Waals surface area contributed by atoms with E-state index in [0.29, 0.717) is 0 Å². The molecule has 1 heterocycles. The number of aliphatic hydroxyl groups is 1. The molecule has 12 heavy (non-hydrogen) atoms. The van der Waals surface area contributed by atoms with Gasteiger partial charge in [0.15, 0.2) is 0 Å². The maximum Gasteiger partial charge on any atom is 0.202 e. The second-order valence-electron chi connectivity index (χ2n) is 5.19. The third-order valence-electron chi connectivity index (χ3n) is 2.11. The zero-order chi connectivity index (χ0) is 9.62. The predicted molar refractivity (Wildman–Crippen MR) is 46.2 cm³/mol. The van der Waals surface area contributed by atoms with Gasteiger partial charge in [-0.3, -0.25) is 0 Å². The Morgan fingerprint density at radius 3 is 1.67 bits per heavy atom. The fourth-order valence-electron chi connectivity index (χ4n) is 2.45. The molecule has 71 valence electrons. The molecule has 0 saturated carbocycles. The van der Waals surface area contributed by atoms with Gasteiger partial charge in [0.1, 0.15) is 0 Å². The Morgan fingerprint density at radius 2 is 1.42 bits per heavy atom. The van der Waals surface area contributed by atoms with Crippen LogP contribution in [-0.4, -0.2) is 22.0 Å². The lowest BCUT2D eigenvalue weighted by molar-refractivity contribution is -0.246. The van der Waals surface area contributed by atoms with E-state index in [1.54, 1.807) is 0 Å². The summed E-state index contributed by atoms with van der Waals surface area (Å²) in [7, 11) is 0. The summed E-state index contributed by atoms with van der Waals surface area (Å²) in [5.74, 6) is -1.77. The largest absolute Gasteiger partial charge is 0.363 e. The van der Waals surface area contributed by atoms with Gasteiger partial charge in [0, 0.05) is 23.9 Å². The van der Waals surface area contributed by atoms with Crippen molar-refractivity contribution < 1.29 is 10.2 Å². The van der Waals surface area contributed by atoms with Gasteiger partial charge in [0.2, 0.25) is 5.79 Å². The van der Waals surface area contributed by atoms with E-state index >= 15 is 0 Å². The first kappa shape index (κ1) is 9.96. The van der Waals surface area contributed by atoms with Crippen molar-refractivity contribution in [2.75, 3.05) is 0 Å². The van der Waals surface area contributed by atoms with Crippen molar-refractivity contribution in [3.8, 4) is 0 Å². The minimum Gasteiger partial charge on any atom is -0.363 e. The van der Waals surface area contributed by atoms with Crippen LogP contribution < -0.4 is 5.32 Å². The number of rotatable bonds is 0. The van der Waals surface area contributed by atoms with Gasteiger partial charge in [-0.1, -0.05) is 0 Å². The Bertz CT molecular complexity index is 140. The van der Waals surface area contributed by atoms with Gasteiger partial charge in [0.05, 0.1) is 0 Å². The second kappa shape index (κ2) is 2.44. The molecule has 1 aliphatic heterocycles. The van der Waals surface area contributed by atoms with Crippen molar-refractivity contribution in [2.45, 2.75) is 57.4 Å². The molecule has 0 aromatic heterocycles. The lowest BCUT2D eigenvalue weighted by atomic mass is 9.79. The third kappa shape index (κ3) is 2.44. The molecule has 0 amide bonds. The van der Waals surface area contributed by atoms with Gasteiger partial charge in [-0.2, -0.15) is 5.11 Å². The lowest BCUT2D eigenvalue weighted by Crippen LogP contribution is -2.63. The average molecular weight is 172 g/mol. The van der Waals surface area contributed by atoms with Gasteiger partial charge in [-0.15, -0.1) is 0 Å². The van der Waals surface area contributed by atoms with Crippen molar-refractivity contribution in [1.82, 2.24) is 5.32 Å². The molecule has 0 aromatic carbocycles. The highest BCUT2D eigenvalue weighted by Gasteiger charge is 2.46. The lowest BCUT2D eigenvalue weighted by Gasteiger charge is -2.47. The topological polar surface area (TPSA) is 52.2 Å². The van der Waals surface area contributed by atoms with E-state index in [2.05, 4.69) is 5.32 Å². The van der Waals surface area contributed by atoms with Crippen molar-refractivity contribution >= 4 is 0 Å². The standard InChI is InChI=1S/C9H18NO2/c1-7(2)5-9(11,12)6-8(3,4)10-7/h10-11H,5-6H2,1-4H3. The zero-order valence-corrected chi connectivity index (χ0v) is 8.27. The molecule has 2 N–H and O–H groups in total. The molecule has 3 heteroatoms. The minimum atomic E-state index is -1.77. The Morgan fingerprint density at radius 1 is 1.08 bits per heavy atom. The maximum atomic E-state index is 11.5. The summed E-state index contributed by atoms with van der Waals surface area (Å²) in [6.07, 6.45) is 0.535. The van der Waals surface area contributed by atoms with E-state index in [1.807, 2.05) is 27.7 Å². The van der Waals surface area contributed by atoms with E-state index in [4.69, 9.17) is 0 Å². The van der Waals surface area contributed by atoms with Gasteiger partial charge >= 0.3 is 0 Å². The Labute approximate surface area is 73.8 Å². The molecule has 1 rings (SSSR count). The van der Waals surface area contributed by atoms with Crippen molar-refractivity contribution in [2.24, 2.45) is 0 Å². The van der Waals surface area contributed by atoms with Gasteiger partial charge in [0.25, 0.3) is 0 Å². The highest BCUT2D eigenvalue weighted by molar-refractivity contribution is 4.99. The maximum absolute atomic E-state index is 11.5. The average Bonchev–Trinajstić information content (AvgIpc) is 1.44. The molecule has 0 bridgehead atoms. The number of hydrogen-bond donors (Lipinski definition) is 2. The van der Waals surface area contributed by atoms with Crippen LogP contribution in [0.5, 0.6) is 0 Å². The molecule has 1 fully saturated rings. The summed E-state index contributed by atoms with van der Waals surface area (Å²) < 4.78 is 0. The van der Waals surface area contributed by atoms with Crippen LogP contribution in [0.3, 0.4) is 0 Å². The first-order valence-electron chi connectivity index (χ1n) is 4.34. The van der Waals surface area contributed by atoms with Crippen LogP contribution in [0.1, 0.15) is 40.5 Å². The van der Waals surface area contributed by atoms with Gasteiger partial charge < -0.3 is 10.4 Å². The zero-order valence-electron chi connectivity index (χ0n) is 8.27. The summed E-state index contributed by atoms with van der Waals surface area (Å²) in [6, 6.07) is 0. The van der Waals surface area contributed by atoms with Crippen molar-refractivity contribution in [1.29, 1.82) is 0 Å². The minimum absolute atomic E-state index is 0.266. The predicted octanol–water partition coefficient (Wildman–Crippen LogP) is 1.05. The third-order valence-corrected chi connectivity index (χ3v) is 2.11. The number of nitrogens with one attached hydrogen (secondary N) is 1. The Balaban J connectivity index is 2.81. The van der Waals surface area contributed by atoms with E-state index < -0.39 is 5.79 Å². The molecular formula is C9H18NO2. The fourth-order valence-corrected chi connectivity index (χ4v) is 2.45. The molecule has 1 saturated heterocycles. The summed E-state index contributed by atoms with van der Waals surface area (Å²) in [5.41, 5.74) is -0.531. The Hall–Kier alpha value is -0.120. The molecule has 3 nitrogen and oxygen atoms in total. The normalized spacial score (nSPS) is 31.5. The number of piperidine rings is 1. The number of hydrogen-bond acceptors (Lipinski definition) is 2. The van der Waals surface area contributed by atoms with Crippen LogP contribution in [0.2, 0.25) is 0 Å². The van der Waals surface area contributed by atoms with E-state index in [-0.39, 0.29) is 23.9 Å². The van der Waals surface area contributed by atoms with Crippen LogP contribution in [0, 0.1) is 0 Å². The van der Waals surface area contributed by atoms with Gasteiger partial charge in [-0.25, -0.2) is 0 Å². The monoisotopic (exact) mass is 172 g/mol. The van der Waals surface area contributed by atoms with E-state index in [9.17, 15) is 10.2 Å². The van der Waals surface area contributed by atoms with E-state index in [0.717, 1.165) is 0 Å². The molecule has 0 spiro atoms. The fraction of sp³-hybridized carbons (Fsp3) is 1.00. The molecule has 0 atom stereocenters. The van der Waals surface area contributed by atoms with Crippen LogP contribution >= 0.6 is 0 Å². The second-order valence-corrected chi connectivity index (χ2v) is 5.19. The Kier molecular flexibility index (Phi) is 2.02. The van der Waals surface area contributed by atoms with E-state index in [1.165, 1.54) is 0 Å². The highest BCUT2D eigenvalue weighted by atomic mass is 16.5. The van der Waals surface area contributed by atoms with Crippen LogP contribution in [0.4, 0.5) is 0 Å². The SMILES string of the molecule is CC1(C)CC([O])(O)CC(C)(C)N1. The first-order valence-corrected chi connectivity index (χ1v) is 4.34. The van der Waals surface area contributed by atoms with Crippen LogP contribution in [0.25, 0.3) is 0 Å². The van der Waals surface area contributed by atoms with Crippen molar-refractivity contribution in [3.63, 3.8) is 0 Å². The highest BCUT2D eigenvalue weighted by Crippen LogP contribution is 2.34. The molecular weight excluding hydrogens is 154 g/mol. The van der Waals surface area contributed by atoms with Crippen molar-refractivity contribution in [3.05, 3.63) is 0 Å². The molecule has 0 aliphatic carbocycles. The summed E-state index contributed by atoms with van der Waals surface area (Å²) >= 11 is 0. The van der Waals surface area contributed by atoms with Crippen LogP contribution in [-0.2, 0) is 5.11 Å². The molecule has 1 radical (unpaired) electrons.